The number of carboxylic acids is 1. The first-order chi connectivity index (χ1) is 10.1. The van der Waals surface area contributed by atoms with E-state index in [1.54, 1.807) is 0 Å². The van der Waals surface area contributed by atoms with Gasteiger partial charge in [-0.15, -0.1) is 0 Å². The average molecular weight is 291 g/mol. The summed E-state index contributed by atoms with van der Waals surface area (Å²) in [4.78, 5) is 30.4. The highest BCUT2D eigenvalue weighted by molar-refractivity contribution is 5.71. The van der Waals surface area contributed by atoms with Crippen molar-refractivity contribution in [2.75, 3.05) is 5.32 Å². The van der Waals surface area contributed by atoms with Crippen molar-refractivity contribution in [3.05, 3.63) is 22.2 Å². The number of hydrogen-bond donors (Lipinski definition) is 3. The lowest BCUT2D eigenvalue weighted by molar-refractivity contribution is -0.142. The Morgan fingerprint density at radius 2 is 2.00 bits per heavy atom. The van der Waals surface area contributed by atoms with Crippen LogP contribution >= 0.6 is 0 Å². The van der Waals surface area contributed by atoms with E-state index in [0.717, 1.165) is 44.3 Å². The van der Waals surface area contributed by atoms with Gasteiger partial charge in [-0.2, -0.15) is 0 Å². The molecular formula is C15H21N3O3. The average Bonchev–Trinajstić information content (AvgIpc) is 3.25. The van der Waals surface area contributed by atoms with E-state index in [1.807, 2.05) is 0 Å². The Labute approximate surface area is 123 Å². The summed E-state index contributed by atoms with van der Waals surface area (Å²) < 4.78 is 0. The van der Waals surface area contributed by atoms with E-state index in [4.69, 9.17) is 0 Å². The summed E-state index contributed by atoms with van der Waals surface area (Å²) in [6.45, 7) is 0. The summed E-state index contributed by atoms with van der Waals surface area (Å²) in [7, 11) is 0. The Hall–Kier alpha value is -1.85. The molecule has 2 aliphatic carbocycles. The Bertz CT molecular complexity index is 580. The van der Waals surface area contributed by atoms with Crippen molar-refractivity contribution in [1.82, 2.24) is 9.97 Å². The van der Waals surface area contributed by atoms with Gasteiger partial charge in [0.15, 0.2) is 0 Å². The zero-order valence-corrected chi connectivity index (χ0v) is 12.0. The van der Waals surface area contributed by atoms with Gasteiger partial charge >= 0.3 is 5.97 Å². The van der Waals surface area contributed by atoms with Gasteiger partial charge in [-0.1, -0.05) is 19.3 Å². The first-order valence-corrected chi connectivity index (χ1v) is 7.74. The van der Waals surface area contributed by atoms with Crippen LogP contribution in [0.15, 0.2) is 10.9 Å². The fourth-order valence-corrected chi connectivity index (χ4v) is 3.07. The smallest absolute Gasteiger partial charge is 0.308 e. The number of hydrogen-bond acceptors (Lipinski definition) is 4. The molecule has 2 saturated carbocycles. The maximum atomic E-state index is 11.7. The molecule has 0 spiro atoms. The molecule has 0 saturated heterocycles. The molecule has 6 nitrogen and oxygen atoms in total. The molecule has 3 rings (SSSR count). The number of nitrogens with zero attached hydrogens (tertiary/aromatic N) is 1. The molecule has 1 aromatic rings. The molecule has 0 aromatic carbocycles. The molecule has 2 fully saturated rings. The van der Waals surface area contributed by atoms with Crippen LogP contribution in [0, 0.1) is 5.92 Å². The monoisotopic (exact) mass is 291 g/mol. The lowest BCUT2D eigenvalue weighted by atomic mass is 9.95. The van der Waals surface area contributed by atoms with Crippen LogP contribution in [0.4, 0.5) is 5.82 Å². The maximum Gasteiger partial charge on any atom is 0.308 e. The fourth-order valence-electron chi connectivity index (χ4n) is 3.07. The lowest BCUT2D eigenvalue weighted by Gasteiger charge is -2.23. The zero-order chi connectivity index (χ0) is 14.8. The van der Waals surface area contributed by atoms with Crippen LogP contribution in [-0.4, -0.2) is 27.1 Å². The van der Waals surface area contributed by atoms with E-state index < -0.39 is 11.9 Å². The second kappa shape index (κ2) is 5.87. The van der Waals surface area contributed by atoms with Crippen LogP contribution in [0.1, 0.15) is 56.7 Å². The highest BCUT2D eigenvalue weighted by Gasteiger charge is 2.30. The van der Waals surface area contributed by atoms with Crippen LogP contribution in [0.5, 0.6) is 0 Å². The number of aliphatic carboxylic acids is 1. The number of anilines is 1. The van der Waals surface area contributed by atoms with Gasteiger partial charge in [0.25, 0.3) is 5.56 Å². The Morgan fingerprint density at radius 3 is 2.71 bits per heavy atom. The van der Waals surface area contributed by atoms with Gasteiger partial charge in [0.1, 0.15) is 11.6 Å². The molecule has 1 aromatic heterocycles. The highest BCUT2D eigenvalue weighted by Crippen LogP contribution is 2.37. The second-order valence-electron chi connectivity index (χ2n) is 6.12. The van der Waals surface area contributed by atoms with Crippen molar-refractivity contribution >= 4 is 11.8 Å². The second-order valence-corrected chi connectivity index (χ2v) is 6.12. The quantitative estimate of drug-likeness (QED) is 0.738. The topological polar surface area (TPSA) is 95.1 Å². The summed E-state index contributed by atoms with van der Waals surface area (Å²) in [5.41, 5.74) is -0.171. The number of aromatic amines is 1. The van der Waals surface area contributed by atoms with E-state index in [-0.39, 0.29) is 11.6 Å². The molecule has 2 aliphatic rings. The predicted octanol–water partition coefficient (Wildman–Crippen LogP) is 2.09. The standard InChI is InChI=1S/C15H21N3O3/c19-13-8-12(17-14(18-13)9-6-7-9)16-11-5-3-1-2-4-10(11)15(20)21/h8-11H,1-7H2,(H,20,21)(H2,16,17,18,19). The summed E-state index contributed by atoms with van der Waals surface area (Å²) in [5.74, 6) is 0.438. The number of carboxylic acid groups (broad SMARTS) is 1. The SMILES string of the molecule is O=C(O)C1CCCCCC1Nc1cc(=O)[nH]c(C2CC2)n1. The molecule has 2 atom stereocenters. The maximum absolute atomic E-state index is 11.7. The summed E-state index contributed by atoms with van der Waals surface area (Å²) in [6, 6.07) is 1.28. The molecule has 0 bridgehead atoms. The van der Waals surface area contributed by atoms with E-state index in [0.29, 0.717) is 18.2 Å². The van der Waals surface area contributed by atoms with Gasteiger partial charge < -0.3 is 15.4 Å². The van der Waals surface area contributed by atoms with Gasteiger partial charge in [0.05, 0.1) is 5.92 Å². The van der Waals surface area contributed by atoms with Crippen molar-refractivity contribution in [2.45, 2.75) is 56.9 Å². The molecule has 114 valence electrons. The summed E-state index contributed by atoms with van der Waals surface area (Å²) >= 11 is 0. The number of H-pyrrole nitrogens is 1. The minimum absolute atomic E-state index is 0.147. The third kappa shape index (κ3) is 3.43. The number of aromatic nitrogens is 2. The van der Waals surface area contributed by atoms with E-state index in [1.165, 1.54) is 6.07 Å². The zero-order valence-electron chi connectivity index (χ0n) is 12.0. The van der Waals surface area contributed by atoms with Crippen LogP contribution in [0.25, 0.3) is 0 Å². The minimum atomic E-state index is -0.762. The van der Waals surface area contributed by atoms with Gasteiger partial charge in [-0.3, -0.25) is 9.59 Å². The number of rotatable bonds is 4. The molecule has 0 aliphatic heterocycles. The van der Waals surface area contributed by atoms with E-state index in [9.17, 15) is 14.7 Å². The van der Waals surface area contributed by atoms with Gasteiger partial charge in [-0.25, -0.2) is 4.98 Å². The van der Waals surface area contributed by atoms with Crippen molar-refractivity contribution < 1.29 is 9.90 Å². The van der Waals surface area contributed by atoms with E-state index in [2.05, 4.69) is 15.3 Å². The molecule has 2 unspecified atom stereocenters. The molecule has 1 heterocycles. The van der Waals surface area contributed by atoms with Crippen molar-refractivity contribution in [3.63, 3.8) is 0 Å². The largest absolute Gasteiger partial charge is 0.481 e. The third-order valence-electron chi connectivity index (χ3n) is 4.39. The lowest BCUT2D eigenvalue weighted by Crippen LogP contribution is -2.34. The van der Waals surface area contributed by atoms with Crippen LogP contribution in [0.2, 0.25) is 0 Å². The van der Waals surface area contributed by atoms with Crippen LogP contribution in [-0.2, 0) is 4.79 Å². The Kier molecular flexibility index (Phi) is 3.94. The van der Waals surface area contributed by atoms with Crippen molar-refractivity contribution in [2.24, 2.45) is 5.92 Å². The Balaban J connectivity index is 1.80. The first-order valence-electron chi connectivity index (χ1n) is 7.74. The van der Waals surface area contributed by atoms with Gasteiger partial charge in [0, 0.05) is 18.0 Å². The van der Waals surface area contributed by atoms with Gasteiger partial charge in [0.2, 0.25) is 0 Å². The summed E-state index contributed by atoms with van der Waals surface area (Å²) in [6.07, 6.45) is 6.65. The Morgan fingerprint density at radius 1 is 1.24 bits per heavy atom. The van der Waals surface area contributed by atoms with Crippen LogP contribution in [0.3, 0.4) is 0 Å². The van der Waals surface area contributed by atoms with E-state index >= 15 is 0 Å². The molecule has 3 N–H and O–H groups in total. The first kappa shape index (κ1) is 14.1. The molecule has 6 heteroatoms. The number of nitrogens with one attached hydrogen (secondary N) is 2. The highest BCUT2D eigenvalue weighted by atomic mass is 16.4. The molecular weight excluding hydrogens is 270 g/mol. The van der Waals surface area contributed by atoms with Gasteiger partial charge in [-0.05, 0) is 25.7 Å². The van der Waals surface area contributed by atoms with Crippen molar-refractivity contribution in [1.29, 1.82) is 0 Å². The minimum Gasteiger partial charge on any atom is -0.481 e. The molecule has 0 amide bonds. The third-order valence-corrected chi connectivity index (χ3v) is 4.39. The fraction of sp³-hybridized carbons (Fsp3) is 0.667. The van der Waals surface area contributed by atoms with Crippen molar-refractivity contribution in [3.8, 4) is 0 Å². The van der Waals surface area contributed by atoms with Crippen LogP contribution < -0.4 is 10.9 Å². The normalized spacial score (nSPS) is 26.1. The predicted molar refractivity (Wildman–Crippen MR) is 78.5 cm³/mol. The molecule has 0 radical (unpaired) electrons. The number of carbonyl (C=O) groups is 1. The molecule has 21 heavy (non-hydrogen) atoms. The summed E-state index contributed by atoms with van der Waals surface area (Å²) in [5, 5.41) is 12.6.